The number of amides is 2. The standard InChI is InChI=1S/C25H24N6O4/c1-15-12-16(2)31(29-15)22-14-21(27-25(28-22)20-10-4-17(3)35-20)26-24(33)13-19-7-5-18(6-8-19)9-11-23(32)30-34/h4-12,14,34H,13H2,1-3H3,(H,30,32)(H,26,27,28,33)/b11-9+. The number of hydrogen-bond donors (Lipinski definition) is 3. The van der Waals surface area contributed by atoms with Crippen molar-refractivity contribution >= 4 is 23.7 Å². The molecule has 0 atom stereocenters. The molecule has 0 spiro atoms. The molecule has 35 heavy (non-hydrogen) atoms. The minimum atomic E-state index is -0.623. The molecule has 0 aliphatic heterocycles. The molecule has 0 radical (unpaired) electrons. The third-order valence-corrected chi connectivity index (χ3v) is 5.05. The molecule has 4 aromatic rings. The largest absolute Gasteiger partial charge is 0.458 e. The lowest BCUT2D eigenvalue weighted by Crippen LogP contribution is -2.16. The fourth-order valence-corrected chi connectivity index (χ4v) is 3.46. The first-order chi connectivity index (χ1) is 16.8. The van der Waals surface area contributed by atoms with E-state index in [9.17, 15) is 9.59 Å². The molecule has 10 heteroatoms. The first-order valence-electron chi connectivity index (χ1n) is 10.8. The van der Waals surface area contributed by atoms with Crippen LogP contribution >= 0.6 is 0 Å². The van der Waals surface area contributed by atoms with Crippen LogP contribution in [0.15, 0.2) is 59.0 Å². The van der Waals surface area contributed by atoms with Gasteiger partial charge >= 0.3 is 0 Å². The summed E-state index contributed by atoms with van der Waals surface area (Å²) in [6, 6.07) is 14.3. The molecule has 0 aliphatic carbocycles. The first-order valence-corrected chi connectivity index (χ1v) is 10.8. The second-order valence-electron chi connectivity index (χ2n) is 7.96. The Hall–Kier alpha value is -4.57. The number of carbonyl (C=O) groups excluding carboxylic acids is 2. The maximum absolute atomic E-state index is 12.8. The van der Waals surface area contributed by atoms with Gasteiger partial charge in [-0.3, -0.25) is 14.8 Å². The second kappa shape index (κ2) is 10.1. The molecule has 0 saturated heterocycles. The Morgan fingerprint density at radius 3 is 2.46 bits per heavy atom. The van der Waals surface area contributed by atoms with Gasteiger partial charge in [-0.15, -0.1) is 0 Å². The van der Waals surface area contributed by atoms with Gasteiger partial charge in [0, 0.05) is 17.8 Å². The molecule has 10 nitrogen and oxygen atoms in total. The van der Waals surface area contributed by atoms with E-state index < -0.39 is 5.91 Å². The van der Waals surface area contributed by atoms with E-state index >= 15 is 0 Å². The topological polar surface area (TPSA) is 135 Å². The molecular formula is C25H24N6O4. The molecule has 1 aromatic carbocycles. The van der Waals surface area contributed by atoms with Crippen molar-refractivity contribution in [3.8, 4) is 17.4 Å². The highest BCUT2D eigenvalue weighted by atomic mass is 16.5. The van der Waals surface area contributed by atoms with E-state index in [1.54, 1.807) is 47.2 Å². The van der Waals surface area contributed by atoms with Crippen LogP contribution in [0.4, 0.5) is 5.82 Å². The molecule has 178 valence electrons. The SMILES string of the molecule is Cc1cc(C)n(-c2cc(NC(=O)Cc3ccc(/C=C/C(=O)NO)cc3)nc(-c3ccc(C)o3)n2)n1. The van der Waals surface area contributed by atoms with Crippen LogP contribution in [-0.4, -0.2) is 36.8 Å². The van der Waals surface area contributed by atoms with Gasteiger partial charge in [0.15, 0.2) is 17.4 Å². The van der Waals surface area contributed by atoms with Gasteiger partial charge in [-0.1, -0.05) is 24.3 Å². The molecule has 0 fully saturated rings. The Labute approximate surface area is 201 Å². The van der Waals surface area contributed by atoms with E-state index in [0.29, 0.717) is 23.2 Å². The summed E-state index contributed by atoms with van der Waals surface area (Å²) in [6.45, 7) is 5.65. The quantitative estimate of drug-likeness (QED) is 0.213. The van der Waals surface area contributed by atoms with Crippen molar-refractivity contribution in [1.82, 2.24) is 25.2 Å². The summed E-state index contributed by atoms with van der Waals surface area (Å²) in [5, 5.41) is 15.9. The monoisotopic (exact) mass is 472 g/mol. The zero-order valence-electron chi connectivity index (χ0n) is 19.4. The number of aryl methyl sites for hydroxylation is 3. The average molecular weight is 473 g/mol. The van der Waals surface area contributed by atoms with Gasteiger partial charge in [0.25, 0.3) is 5.91 Å². The van der Waals surface area contributed by atoms with Gasteiger partial charge in [0.2, 0.25) is 5.91 Å². The third-order valence-electron chi connectivity index (χ3n) is 5.05. The number of furan rings is 1. The van der Waals surface area contributed by atoms with Crippen LogP contribution in [0.25, 0.3) is 23.5 Å². The molecule has 3 heterocycles. The predicted molar refractivity (Wildman–Crippen MR) is 129 cm³/mol. The number of nitrogens with zero attached hydrogens (tertiary/aromatic N) is 4. The molecule has 0 aliphatic rings. The maximum atomic E-state index is 12.8. The summed E-state index contributed by atoms with van der Waals surface area (Å²) in [7, 11) is 0. The number of hydrogen-bond acceptors (Lipinski definition) is 7. The van der Waals surface area contributed by atoms with Crippen molar-refractivity contribution in [3.63, 3.8) is 0 Å². The van der Waals surface area contributed by atoms with Crippen LogP contribution in [0.1, 0.15) is 28.3 Å². The molecular weight excluding hydrogens is 448 g/mol. The Kier molecular flexibility index (Phi) is 6.83. The number of anilines is 1. The van der Waals surface area contributed by atoms with Crippen molar-refractivity contribution < 1.29 is 19.2 Å². The number of rotatable bonds is 7. The molecule has 2 amide bonds. The molecule has 0 bridgehead atoms. The summed E-state index contributed by atoms with van der Waals surface area (Å²) in [5.74, 6) is 1.50. The van der Waals surface area contributed by atoms with E-state index in [2.05, 4.69) is 20.4 Å². The maximum Gasteiger partial charge on any atom is 0.267 e. The van der Waals surface area contributed by atoms with Gasteiger partial charge in [-0.2, -0.15) is 5.10 Å². The van der Waals surface area contributed by atoms with Gasteiger partial charge < -0.3 is 9.73 Å². The smallest absolute Gasteiger partial charge is 0.267 e. The lowest BCUT2D eigenvalue weighted by Gasteiger charge is -2.10. The third kappa shape index (κ3) is 5.87. The summed E-state index contributed by atoms with van der Waals surface area (Å²) in [6.07, 6.45) is 2.87. The zero-order chi connectivity index (χ0) is 24.9. The number of aromatic nitrogens is 4. The van der Waals surface area contributed by atoms with Gasteiger partial charge in [-0.05, 0) is 56.2 Å². The van der Waals surface area contributed by atoms with Crippen molar-refractivity contribution in [2.45, 2.75) is 27.2 Å². The summed E-state index contributed by atoms with van der Waals surface area (Å²) >= 11 is 0. The fraction of sp³-hybridized carbons (Fsp3) is 0.160. The van der Waals surface area contributed by atoms with E-state index in [-0.39, 0.29) is 12.3 Å². The first kappa shape index (κ1) is 23.6. The highest BCUT2D eigenvalue weighted by Gasteiger charge is 2.15. The summed E-state index contributed by atoms with van der Waals surface area (Å²) in [5.41, 5.74) is 4.80. The van der Waals surface area contributed by atoms with Crippen molar-refractivity contribution in [2.75, 3.05) is 5.32 Å². The van der Waals surface area contributed by atoms with Crippen molar-refractivity contribution in [1.29, 1.82) is 0 Å². The van der Waals surface area contributed by atoms with Crippen LogP contribution in [0.3, 0.4) is 0 Å². The minimum absolute atomic E-state index is 0.121. The zero-order valence-corrected chi connectivity index (χ0v) is 19.4. The summed E-state index contributed by atoms with van der Waals surface area (Å²) in [4.78, 5) is 32.9. The second-order valence-corrected chi connectivity index (χ2v) is 7.96. The lowest BCUT2D eigenvalue weighted by atomic mass is 10.1. The van der Waals surface area contributed by atoms with Gasteiger partial charge in [0.05, 0.1) is 12.1 Å². The van der Waals surface area contributed by atoms with Crippen LogP contribution in [0, 0.1) is 20.8 Å². The van der Waals surface area contributed by atoms with Crippen LogP contribution in [0.2, 0.25) is 0 Å². The van der Waals surface area contributed by atoms with Crippen LogP contribution in [-0.2, 0) is 16.0 Å². The van der Waals surface area contributed by atoms with Gasteiger partial charge in [0.1, 0.15) is 11.6 Å². The van der Waals surface area contributed by atoms with E-state index in [4.69, 9.17) is 9.62 Å². The molecule has 4 rings (SSSR count). The highest BCUT2D eigenvalue weighted by molar-refractivity contribution is 5.92. The Morgan fingerprint density at radius 1 is 1.06 bits per heavy atom. The predicted octanol–water partition coefficient (Wildman–Crippen LogP) is 3.55. The Bertz CT molecular complexity index is 1400. The summed E-state index contributed by atoms with van der Waals surface area (Å²) < 4.78 is 7.38. The van der Waals surface area contributed by atoms with E-state index in [0.717, 1.165) is 28.3 Å². The molecule has 3 aromatic heterocycles. The van der Waals surface area contributed by atoms with Crippen molar-refractivity contribution in [2.24, 2.45) is 0 Å². The highest BCUT2D eigenvalue weighted by Crippen LogP contribution is 2.23. The average Bonchev–Trinajstić information content (AvgIpc) is 3.42. The normalized spacial score (nSPS) is 11.1. The Balaban J connectivity index is 1.55. The Morgan fingerprint density at radius 2 is 1.83 bits per heavy atom. The molecule has 0 unspecified atom stereocenters. The van der Waals surface area contributed by atoms with Gasteiger partial charge in [-0.25, -0.2) is 20.1 Å². The van der Waals surface area contributed by atoms with Crippen molar-refractivity contribution in [3.05, 3.63) is 82.9 Å². The number of nitrogens with one attached hydrogen (secondary N) is 2. The fourth-order valence-electron chi connectivity index (χ4n) is 3.46. The lowest BCUT2D eigenvalue weighted by molar-refractivity contribution is -0.124. The molecule has 0 saturated carbocycles. The van der Waals surface area contributed by atoms with Crippen LogP contribution in [0.5, 0.6) is 0 Å². The van der Waals surface area contributed by atoms with Crippen LogP contribution < -0.4 is 10.8 Å². The minimum Gasteiger partial charge on any atom is -0.458 e. The van der Waals surface area contributed by atoms with E-state index in [1.165, 1.54) is 11.6 Å². The number of hydroxylamine groups is 1. The number of benzene rings is 1. The van der Waals surface area contributed by atoms with E-state index in [1.807, 2.05) is 32.9 Å². The number of carbonyl (C=O) groups is 2. The molecule has 3 N–H and O–H groups in total.